The summed E-state index contributed by atoms with van der Waals surface area (Å²) in [5.41, 5.74) is 1.48. The molecular weight excluding hydrogens is 454 g/mol. The molecule has 0 radical (unpaired) electrons. The molecule has 0 fully saturated rings. The highest BCUT2D eigenvalue weighted by Crippen LogP contribution is 2.34. The van der Waals surface area contributed by atoms with Crippen molar-refractivity contribution in [3.63, 3.8) is 0 Å². The molecule has 8 nitrogen and oxygen atoms in total. The molecule has 0 amide bonds. The Kier molecular flexibility index (Phi) is 8.68. The SMILES string of the molecule is C[C@H](CO)N1C[C@H](C)[C@H](CN(C)Cc2ccccn2)Oc2cc(C#C[C@@H](C)O)ccc2S1(=O)=O. The van der Waals surface area contributed by atoms with Crippen LogP contribution in [-0.4, -0.2) is 77.8 Å². The summed E-state index contributed by atoms with van der Waals surface area (Å²) in [5, 5.41) is 19.3. The van der Waals surface area contributed by atoms with Crippen LogP contribution in [-0.2, 0) is 16.6 Å². The number of rotatable bonds is 6. The van der Waals surface area contributed by atoms with Gasteiger partial charge >= 0.3 is 0 Å². The van der Waals surface area contributed by atoms with Crippen molar-refractivity contribution in [3.8, 4) is 17.6 Å². The molecule has 184 valence electrons. The van der Waals surface area contributed by atoms with Gasteiger partial charge in [-0.3, -0.25) is 9.88 Å². The van der Waals surface area contributed by atoms with Crippen molar-refractivity contribution < 1.29 is 23.4 Å². The summed E-state index contributed by atoms with van der Waals surface area (Å²) in [6.07, 6.45) is 0.625. The summed E-state index contributed by atoms with van der Waals surface area (Å²) in [4.78, 5) is 6.51. The third-order valence-electron chi connectivity index (χ3n) is 5.74. The summed E-state index contributed by atoms with van der Waals surface area (Å²) in [6, 6.07) is 9.88. The molecule has 0 saturated heterocycles. The molecule has 0 unspecified atom stereocenters. The molecule has 0 bridgehead atoms. The molecule has 9 heteroatoms. The van der Waals surface area contributed by atoms with E-state index in [1.54, 1.807) is 32.2 Å². The quantitative estimate of drug-likeness (QED) is 0.598. The molecule has 1 aromatic heterocycles. The fourth-order valence-electron chi connectivity index (χ4n) is 3.85. The van der Waals surface area contributed by atoms with Gasteiger partial charge in [0.1, 0.15) is 22.9 Å². The van der Waals surface area contributed by atoms with E-state index in [0.717, 1.165) is 5.69 Å². The first-order valence-corrected chi connectivity index (χ1v) is 12.8. The lowest BCUT2D eigenvalue weighted by Crippen LogP contribution is -2.49. The number of aliphatic hydroxyl groups excluding tert-OH is 2. The number of nitrogens with zero attached hydrogens (tertiary/aromatic N) is 3. The maximum absolute atomic E-state index is 13.5. The van der Waals surface area contributed by atoms with E-state index in [-0.39, 0.29) is 35.8 Å². The van der Waals surface area contributed by atoms with E-state index in [0.29, 0.717) is 18.7 Å². The molecule has 1 aliphatic rings. The molecule has 2 N–H and O–H groups in total. The van der Waals surface area contributed by atoms with Crippen LogP contribution >= 0.6 is 0 Å². The Morgan fingerprint density at radius 2 is 2.06 bits per heavy atom. The summed E-state index contributed by atoms with van der Waals surface area (Å²) in [7, 11) is -1.94. The minimum atomic E-state index is -3.91. The van der Waals surface area contributed by atoms with Crippen LogP contribution in [0.1, 0.15) is 32.0 Å². The number of benzene rings is 1. The fraction of sp³-hybridized carbons (Fsp3) is 0.480. The Morgan fingerprint density at radius 3 is 2.71 bits per heavy atom. The van der Waals surface area contributed by atoms with Gasteiger partial charge in [-0.05, 0) is 51.2 Å². The van der Waals surface area contributed by atoms with E-state index in [1.165, 1.54) is 10.4 Å². The number of pyridine rings is 1. The van der Waals surface area contributed by atoms with Gasteiger partial charge < -0.3 is 14.9 Å². The lowest BCUT2D eigenvalue weighted by atomic mass is 10.0. The van der Waals surface area contributed by atoms with E-state index in [9.17, 15) is 18.6 Å². The van der Waals surface area contributed by atoms with Crippen LogP contribution in [0.3, 0.4) is 0 Å². The highest BCUT2D eigenvalue weighted by atomic mass is 32.2. The lowest BCUT2D eigenvalue weighted by molar-refractivity contribution is 0.0730. The molecule has 2 heterocycles. The van der Waals surface area contributed by atoms with Crippen molar-refractivity contribution in [1.82, 2.24) is 14.2 Å². The van der Waals surface area contributed by atoms with Gasteiger partial charge in [0.05, 0.1) is 12.3 Å². The summed E-state index contributed by atoms with van der Waals surface area (Å²) in [6.45, 7) is 6.30. The van der Waals surface area contributed by atoms with Gasteiger partial charge in [0.15, 0.2) is 0 Å². The van der Waals surface area contributed by atoms with Crippen molar-refractivity contribution in [3.05, 3.63) is 53.9 Å². The first-order valence-electron chi connectivity index (χ1n) is 11.3. The van der Waals surface area contributed by atoms with E-state index >= 15 is 0 Å². The molecule has 0 saturated carbocycles. The molecule has 0 aliphatic carbocycles. The van der Waals surface area contributed by atoms with Gasteiger partial charge in [-0.25, -0.2) is 8.42 Å². The number of hydrogen-bond donors (Lipinski definition) is 2. The van der Waals surface area contributed by atoms with Crippen LogP contribution in [0, 0.1) is 17.8 Å². The van der Waals surface area contributed by atoms with Crippen molar-refractivity contribution in [1.29, 1.82) is 0 Å². The zero-order valence-electron chi connectivity index (χ0n) is 20.0. The number of fused-ring (bicyclic) bond motifs is 1. The second kappa shape index (κ2) is 11.3. The zero-order chi connectivity index (χ0) is 24.9. The molecule has 2 aromatic rings. The van der Waals surface area contributed by atoms with Crippen molar-refractivity contribution in [2.75, 3.05) is 26.7 Å². The van der Waals surface area contributed by atoms with E-state index in [2.05, 4.69) is 21.7 Å². The third-order valence-corrected chi connectivity index (χ3v) is 7.76. The topological polar surface area (TPSA) is 103 Å². The fourth-order valence-corrected chi connectivity index (χ4v) is 5.67. The highest BCUT2D eigenvalue weighted by molar-refractivity contribution is 7.89. The molecule has 3 rings (SSSR count). The second-order valence-electron chi connectivity index (χ2n) is 8.86. The van der Waals surface area contributed by atoms with Crippen LogP contribution in [0.5, 0.6) is 5.75 Å². The normalized spacial score (nSPS) is 21.9. The van der Waals surface area contributed by atoms with E-state index < -0.39 is 22.2 Å². The van der Waals surface area contributed by atoms with Crippen LogP contribution in [0.4, 0.5) is 0 Å². The second-order valence-corrected chi connectivity index (χ2v) is 10.7. The maximum Gasteiger partial charge on any atom is 0.247 e. The molecule has 0 spiro atoms. The molecular formula is C25H33N3O5S. The Morgan fingerprint density at radius 1 is 1.29 bits per heavy atom. The van der Waals surface area contributed by atoms with E-state index in [1.807, 2.05) is 32.2 Å². The zero-order valence-corrected chi connectivity index (χ0v) is 20.9. The average Bonchev–Trinajstić information content (AvgIpc) is 2.80. The van der Waals surface area contributed by atoms with Crippen LogP contribution in [0.15, 0.2) is 47.5 Å². The van der Waals surface area contributed by atoms with Crippen molar-refractivity contribution in [2.24, 2.45) is 5.92 Å². The van der Waals surface area contributed by atoms with Crippen molar-refractivity contribution in [2.45, 2.75) is 50.5 Å². The third kappa shape index (κ3) is 6.34. The maximum atomic E-state index is 13.5. The van der Waals surface area contributed by atoms with Crippen molar-refractivity contribution >= 4 is 10.0 Å². The molecule has 4 atom stereocenters. The van der Waals surface area contributed by atoms with Gasteiger partial charge in [-0.2, -0.15) is 4.31 Å². The lowest BCUT2D eigenvalue weighted by Gasteiger charge is -2.37. The smallest absolute Gasteiger partial charge is 0.247 e. The van der Waals surface area contributed by atoms with Gasteiger partial charge in [-0.15, -0.1) is 0 Å². The van der Waals surface area contributed by atoms with E-state index in [4.69, 9.17) is 4.74 Å². The Balaban J connectivity index is 1.99. The number of sulfonamides is 1. The minimum Gasteiger partial charge on any atom is -0.487 e. The molecule has 34 heavy (non-hydrogen) atoms. The Bertz CT molecular complexity index is 1130. The summed E-state index contributed by atoms with van der Waals surface area (Å²) < 4.78 is 34.7. The monoisotopic (exact) mass is 487 g/mol. The van der Waals surface area contributed by atoms with Crippen LogP contribution < -0.4 is 4.74 Å². The first kappa shape index (κ1) is 26.1. The summed E-state index contributed by atoms with van der Waals surface area (Å²) >= 11 is 0. The minimum absolute atomic E-state index is 0.0414. The number of aromatic nitrogens is 1. The van der Waals surface area contributed by atoms with Gasteiger partial charge in [0, 0.05) is 43.4 Å². The molecule has 1 aromatic carbocycles. The number of ether oxygens (including phenoxy) is 1. The predicted molar refractivity (Wildman–Crippen MR) is 130 cm³/mol. The molecule has 1 aliphatic heterocycles. The van der Waals surface area contributed by atoms with Gasteiger partial charge in [-0.1, -0.05) is 24.8 Å². The predicted octanol–water partition coefficient (Wildman–Crippen LogP) is 1.71. The standard InChI is InChI=1S/C25H33N3O5S/c1-18-14-28(19(2)17-29)34(31,32)25-11-10-21(9-8-20(3)30)13-23(25)33-24(18)16-27(4)15-22-7-5-6-12-26-22/h5-7,10-13,18-20,24,29-30H,14-17H2,1-4H3/t18-,19+,20+,24-/m0/s1. The largest absolute Gasteiger partial charge is 0.487 e. The first-order chi connectivity index (χ1) is 16.1. The van der Waals surface area contributed by atoms with Crippen LogP contribution in [0.2, 0.25) is 0 Å². The number of hydrogen-bond acceptors (Lipinski definition) is 7. The number of likely N-dealkylation sites (N-methyl/N-ethyl adjacent to an activating group) is 1. The Labute approximate surface area is 202 Å². The Hall–Kier alpha value is -2.48. The van der Waals surface area contributed by atoms with Gasteiger partial charge in [0.25, 0.3) is 0 Å². The van der Waals surface area contributed by atoms with Crippen LogP contribution in [0.25, 0.3) is 0 Å². The number of aliphatic hydroxyl groups is 2. The average molecular weight is 488 g/mol. The summed E-state index contributed by atoms with van der Waals surface area (Å²) in [5.74, 6) is 5.59. The highest BCUT2D eigenvalue weighted by Gasteiger charge is 2.38. The van der Waals surface area contributed by atoms with Gasteiger partial charge in [0.2, 0.25) is 10.0 Å².